The zero-order chi connectivity index (χ0) is 35.3. The number of amides is 1. The number of halogens is 2. The molecule has 2 aromatic carbocycles. The van der Waals surface area contributed by atoms with Crippen LogP contribution in [-0.4, -0.2) is 59.1 Å². The SMILES string of the molecule is COc1cc2c(Nc3ncc(CC(=O)Nc4ccc(F)c(F)c4)s3)ncnc2cc1OCCCN1CCC(C(C(C)(C)C)C(C)(C)C)CC1. The summed E-state index contributed by atoms with van der Waals surface area (Å²) >= 11 is 1.28. The van der Waals surface area contributed by atoms with Gasteiger partial charge in [0.25, 0.3) is 0 Å². The van der Waals surface area contributed by atoms with Crippen LogP contribution in [0.1, 0.15) is 65.7 Å². The van der Waals surface area contributed by atoms with E-state index in [0.29, 0.717) is 56.2 Å². The summed E-state index contributed by atoms with van der Waals surface area (Å²) in [6, 6.07) is 6.93. The largest absolute Gasteiger partial charge is 0.493 e. The number of rotatable bonds is 12. The van der Waals surface area contributed by atoms with Gasteiger partial charge < -0.3 is 25.0 Å². The lowest BCUT2D eigenvalue weighted by Crippen LogP contribution is -2.44. The molecule has 0 aliphatic carbocycles. The number of hydrogen-bond donors (Lipinski definition) is 2. The Morgan fingerprint density at radius 3 is 2.41 bits per heavy atom. The van der Waals surface area contributed by atoms with Crippen molar-refractivity contribution in [3.8, 4) is 11.5 Å². The van der Waals surface area contributed by atoms with E-state index in [9.17, 15) is 13.6 Å². The molecule has 1 saturated heterocycles. The molecule has 264 valence electrons. The maximum Gasteiger partial charge on any atom is 0.229 e. The van der Waals surface area contributed by atoms with Crippen LogP contribution >= 0.6 is 11.3 Å². The minimum absolute atomic E-state index is 0.0184. The quantitative estimate of drug-likeness (QED) is 0.143. The lowest BCUT2D eigenvalue weighted by Gasteiger charge is -2.48. The number of nitrogens with one attached hydrogen (secondary N) is 2. The lowest BCUT2D eigenvalue weighted by atomic mass is 9.59. The number of piperidine rings is 1. The minimum atomic E-state index is -1.03. The van der Waals surface area contributed by atoms with Crippen LogP contribution in [0.25, 0.3) is 10.9 Å². The maximum atomic E-state index is 13.5. The zero-order valence-electron chi connectivity index (χ0n) is 29.5. The van der Waals surface area contributed by atoms with Crippen molar-refractivity contribution in [3.63, 3.8) is 0 Å². The second kappa shape index (κ2) is 15.3. The molecule has 1 amide bonds. The van der Waals surface area contributed by atoms with Gasteiger partial charge in [0.2, 0.25) is 5.91 Å². The Labute approximate surface area is 291 Å². The fourth-order valence-corrected chi connectivity index (χ4v) is 8.43. The Morgan fingerprint density at radius 2 is 1.73 bits per heavy atom. The van der Waals surface area contributed by atoms with E-state index in [1.807, 2.05) is 12.1 Å². The van der Waals surface area contributed by atoms with Crippen LogP contribution in [0, 0.1) is 34.3 Å². The van der Waals surface area contributed by atoms with Gasteiger partial charge in [-0.25, -0.2) is 23.7 Å². The van der Waals surface area contributed by atoms with E-state index in [4.69, 9.17) is 9.47 Å². The van der Waals surface area contributed by atoms with Crippen LogP contribution in [0.2, 0.25) is 0 Å². The number of nitrogens with zero attached hydrogens (tertiary/aromatic N) is 4. The molecule has 1 fully saturated rings. The molecule has 0 atom stereocenters. The number of methoxy groups -OCH3 is 1. The average Bonchev–Trinajstić information content (AvgIpc) is 3.46. The van der Waals surface area contributed by atoms with Crippen LogP contribution in [0.3, 0.4) is 0 Å². The molecule has 5 rings (SSSR count). The van der Waals surface area contributed by atoms with Gasteiger partial charge in [-0.1, -0.05) is 41.5 Å². The third kappa shape index (κ3) is 9.42. The van der Waals surface area contributed by atoms with Crippen LogP contribution in [0.15, 0.2) is 42.9 Å². The van der Waals surface area contributed by atoms with Crippen molar-refractivity contribution in [2.24, 2.45) is 22.7 Å². The van der Waals surface area contributed by atoms with Crippen molar-refractivity contribution < 1.29 is 23.0 Å². The van der Waals surface area contributed by atoms with Crippen molar-refractivity contribution in [3.05, 3.63) is 59.4 Å². The number of fused-ring (bicyclic) bond motifs is 1. The van der Waals surface area contributed by atoms with E-state index < -0.39 is 11.6 Å². The predicted molar refractivity (Wildman–Crippen MR) is 192 cm³/mol. The predicted octanol–water partition coefficient (Wildman–Crippen LogP) is 8.49. The zero-order valence-corrected chi connectivity index (χ0v) is 30.3. The van der Waals surface area contributed by atoms with E-state index in [1.54, 1.807) is 13.3 Å². The van der Waals surface area contributed by atoms with Crippen molar-refractivity contribution in [2.75, 3.05) is 44.0 Å². The Morgan fingerprint density at radius 1 is 1.00 bits per heavy atom. The third-order valence-corrected chi connectivity index (χ3v) is 10.00. The monoisotopic (exact) mass is 694 g/mol. The molecular formula is C37H48F2N6O3S. The maximum absolute atomic E-state index is 13.5. The standard InChI is InChI=1S/C37H48F2N6O3S/c1-36(2,3)33(37(4,5)6)23-11-14-45(15-12-23)13-8-16-48-31-20-29-26(19-30(31)47-7)34(42-22-41-29)44-35-40-21-25(49-35)18-32(46)43-24-9-10-27(38)28(39)17-24/h9-10,17,19-23,33H,8,11-16,18H2,1-7H3,(H,43,46)(H,40,41,42,44). The number of likely N-dealkylation sites (tertiary alicyclic amines) is 1. The second-order valence-corrected chi connectivity index (χ2v) is 16.1. The first-order valence-corrected chi connectivity index (χ1v) is 17.7. The molecule has 4 aromatic rings. The molecule has 49 heavy (non-hydrogen) atoms. The van der Waals surface area contributed by atoms with Gasteiger partial charge in [-0.3, -0.25) is 4.79 Å². The number of carbonyl (C=O) groups is 1. The molecule has 0 bridgehead atoms. The third-order valence-electron chi connectivity index (χ3n) is 9.08. The summed E-state index contributed by atoms with van der Waals surface area (Å²) < 4.78 is 38.6. The number of carbonyl (C=O) groups excluding carboxylic acids is 1. The first kappa shape index (κ1) is 36.4. The van der Waals surface area contributed by atoms with Crippen molar-refractivity contribution in [1.29, 1.82) is 0 Å². The fourth-order valence-electron chi connectivity index (χ4n) is 7.61. The number of thiazole rings is 1. The molecule has 3 heterocycles. The number of aromatic nitrogens is 3. The number of ether oxygens (including phenoxy) is 2. The normalized spacial score (nSPS) is 14.7. The summed E-state index contributed by atoms with van der Waals surface area (Å²) in [6.45, 7) is 18.2. The molecule has 2 aromatic heterocycles. The van der Waals surface area contributed by atoms with Gasteiger partial charge in [-0.15, -0.1) is 11.3 Å². The molecule has 1 aliphatic rings. The molecule has 1 aliphatic heterocycles. The summed E-state index contributed by atoms with van der Waals surface area (Å²) in [5, 5.41) is 7.05. The first-order chi connectivity index (χ1) is 23.2. The number of benzene rings is 2. The summed E-state index contributed by atoms with van der Waals surface area (Å²) in [5.41, 5.74) is 1.45. The molecule has 12 heteroatoms. The molecule has 9 nitrogen and oxygen atoms in total. The second-order valence-electron chi connectivity index (χ2n) is 14.9. The Bertz CT molecular complexity index is 1730. The van der Waals surface area contributed by atoms with Gasteiger partial charge in [0.15, 0.2) is 28.3 Å². The van der Waals surface area contributed by atoms with Gasteiger partial charge in [0, 0.05) is 40.8 Å². The summed E-state index contributed by atoms with van der Waals surface area (Å²) in [7, 11) is 1.61. The number of anilines is 3. The van der Waals surface area contributed by atoms with E-state index >= 15 is 0 Å². The molecule has 2 N–H and O–H groups in total. The van der Waals surface area contributed by atoms with Crippen molar-refractivity contribution in [1.82, 2.24) is 19.9 Å². The van der Waals surface area contributed by atoms with Gasteiger partial charge in [0.05, 0.1) is 25.7 Å². The number of hydrogen-bond acceptors (Lipinski definition) is 9. The molecule has 0 unspecified atom stereocenters. The first-order valence-electron chi connectivity index (χ1n) is 16.9. The molecular weight excluding hydrogens is 647 g/mol. The topological polar surface area (TPSA) is 102 Å². The van der Waals surface area contributed by atoms with E-state index in [1.165, 1.54) is 36.6 Å². The minimum Gasteiger partial charge on any atom is -0.493 e. The highest BCUT2D eigenvalue weighted by atomic mass is 32.1. The Balaban J connectivity index is 1.14. The summed E-state index contributed by atoms with van der Waals surface area (Å²) in [5.74, 6) is 0.801. The van der Waals surface area contributed by atoms with Gasteiger partial charge in [-0.05, 0) is 73.2 Å². The van der Waals surface area contributed by atoms with Gasteiger partial charge in [-0.2, -0.15) is 0 Å². The molecule has 0 spiro atoms. The van der Waals surface area contributed by atoms with Crippen molar-refractivity contribution >= 4 is 44.8 Å². The van der Waals surface area contributed by atoms with Crippen LogP contribution in [-0.2, 0) is 11.2 Å². The Hall–Kier alpha value is -3.90. The van der Waals surface area contributed by atoms with Gasteiger partial charge in [0.1, 0.15) is 12.1 Å². The molecule has 0 saturated carbocycles. The van der Waals surface area contributed by atoms with Crippen LogP contribution < -0.4 is 20.1 Å². The van der Waals surface area contributed by atoms with E-state index in [0.717, 1.165) is 49.5 Å². The van der Waals surface area contributed by atoms with E-state index in [2.05, 4.69) is 72.0 Å². The molecule has 0 radical (unpaired) electrons. The summed E-state index contributed by atoms with van der Waals surface area (Å²) in [4.78, 5) is 29.0. The highest BCUT2D eigenvalue weighted by molar-refractivity contribution is 7.15. The highest BCUT2D eigenvalue weighted by Gasteiger charge is 2.41. The lowest BCUT2D eigenvalue weighted by molar-refractivity contribution is -0.115. The fraction of sp³-hybridized carbons (Fsp3) is 0.514. The smallest absolute Gasteiger partial charge is 0.229 e. The van der Waals surface area contributed by atoms with Gasteiger partial charge >= 0.3 is 0 Å². The van der Waals surface area contributed by atoms with E-state index in [-0.39, 0.29) is 18.0 Å². The summed E-state index contributed by atoms with van der Waals surface area (Å²) in [6.07, 6.45) is 6.47. The van der Waals surface area contributed by atoms with Crippen LogP contribution in [0.5, 0.6) is 11.5 Å². The average molecular weight is 695 g/mol. The highest BCUT2D eigenvalue weighted by Crippen LogP contribution is 2.47. The van der Waals surface area contributed by atoms with Crippen molar-refractivity contribution in [2.45, 2.75) is 67.2 Å². The Kier molecular flexibility index (Phi) is 11.4. The van der Waals surface area contributed by atoms with Crippen LogP contribution in [0.4, 0.5) is 25.4 Å².